The highest BCUT2D eigenvalue weighted by molar-refractivity contribution is 5.91. The minimum absolute atomic E-state index is 0.147. The lowest BCUT2D eigenvalue weighted by Gasteiger charge is -2.33. The molecule has 0 radical (unpaired) electrons. The zero-order valence-corrected chi connectivity index (χ0v) is 13.9. The van der Waals surface area contributed by atoms with Crippen LogP contribution in [0.2, 0.25) is 0 Å². The van der Waals surface area contributed by atoms with Crippen molar-refractivity contribution < 1.29 is 4.79 Å². The van der Waals surface area contributed by atoms with Gasteiger partial charge in [0.2, 0.25) is 0 Å². The lowest BCUT2D eigenvalue weighted by Crippen LogP contribution is -2.37. The Morgan fingerprint density at radius 3 is 2.96 bits per heavy atom. The van der Waals surface area contributed by atoms with Crippen molar-refractivity contribution in [2.24, 2.45) is 0 Å². The summed E-state index contributed by atoms with van der Waals surface area (Å²) in [5.41, 5.74) is 0.465. The van der Waals surface area contributed by atoms with Gasteiger partial charge in [0, 0.05) is 38.4 Å². The van der Waals surface area contributed by atoms with Crippen molar-refractivity contribution in [2.45, 2.75) is 37.6 Å². The molecular weight excluding hydrogens is 304 g/mol. The van der Waals surface area contributed by atoms with Crippen LogP contribution in [0, 0.1) is 0 Å². The first-order valence-electron chi connectivity index (χ1n) is 8.59. The van der Waals surface area contributed by atoms with Gasteiger partial charge in [0.15, 0.2) is 0 Å². The summed E-state index contributed by atoms with van der Waals surface area (Å²) in [5, 5.41) is 7.05. The first kappa shape index (κ1) is 15.1. The Morgan fingerprint density at radius 1 is 1.29 bits per heavy atom. The molecule has 1 amide bonds. The monoisotopic (exact) mass is 326 g/mol. The van der Waals surface area contributed by atoms with E-state index in [-0.39, 0.29) is 11.9 Å². The maximum absolute atomic E-state index is 11.7. The number of nitrogens with zero attached hydrogens (tertiary/aromatic N) is 5. The second kappa shape index (κ2) is 6.22. The summed E-state index contributed by atoms with van der Waals surface area (Å²) in [7, 11) is 1.62. The number of hydrogen-bond donors (Lipinski definition) is 1. The lowest BCUT2D eigenvalue weighted by atomic mass is 10.1. The van der Waals surface area contributed by atoms with Gasteiger partial charge in [-0.25, -0.2) is 9.97 Å². The topological polar surface area (TPSA) is 75.9 Å². The van der Waals surface area contributed by atoms with E-state index in [4.69, 9.17) is 4.98 Å². The molecule has 3 heterocycles. The number of hydrogen-bond acceptors (Lipinski definition) is 5. The van der Waals surface area contributed by atoms with Gasteiger partial charge in [0.25, 0.3) is 5.91 Å². The molecule has 1 atom stereocenters. The highest BCUT2D eigenvalue weighted by Crippen LogP contribution is 2.38. The summed E-state index contributed by atoms with van der Waals surface area (Å²) < 4.78 is 1.92. The minimum atomic E-state index is -0.147. The number of carbonyl (C=O) groups is 1. The second-order valence-electron chi connectivity index (χ2n) is 6.55. The molecule has 7 heteroatoms. The van der Waals surface area contributed by atoms with Crippen molar-refractivity contribution in [3.8, 4) is 0 Å². The first-order chi connectivity index (χ1) is 11.7. The molecule has 0 spiro atoms. The first-order valence-corrected chi connectivity index (χ1v) is 8.59. The van der Waals surface area contributed by atoms with E-state index in [1.807, 2.05) is 23.1 Å². The van der Waals surface area contributed by atoms with Gasteiger partial charge >= 0.3 is 0 Å². The van der Waals surface area contributed by atoms with E-state index in [0.29, 0.717) is 11.6 Å². The molecule has 2 aromatic heterocycles. The molecule has 1 saturated carbocycles. The van der Waals surface area contributed by atoms with Crippen LogP contribution >= 0.6 is 0 Å². The number of carbonyl (C=O) groups excluding carboxylic acids is 1. The molecule has 0 bridgehead atoms. The second-order valence-corrected chi connectivity index (χ2v) is 6.55. The smallest absolute Gasteiger partial charge is 0.271 e. The summed E-state index contributed by atoms with van der Waals surface area (Å²) >= 11 is 0. The van der Waals surface area contributed by atoms with E-state index < -0.39 is 0 Å². The Bertz CT molecular complexity index is 738. The number of anilines is 1. The molecule has 4 rings (SSSR count). The van der Waals surface area contributed by atoms with Crippen LogP contribution in [0.25, 0.3) is 0 Å². The van der Waals surface area contributed by atoms with Crippen LogP contribution in [0.1, 0.15) is 54.0 Å². The Balaban J connectivity index is 1.50. The van der Waals surface area contributed by atoms with Gasteiger partial charge in [0.05, 0.1) is 6.04 Å². The summed E-state index contributed by atoms with van der Waals surface area (Å²) in [5.74, 6) is 2.41. The maximum atomic E-state index is 11.7. The normalized spacial score (nSPS) is 20.9. The lowest BCUT2D eigenvalue weighted by molar-refractivity contribution is 0.0957. The van der Waals surface area contributed by atoms with E-state index in [2.05, 4.69) is 20.3 Å². The largest absolute Gasteiger partial charge is 0.354 e. The van der Waals surface area contributed by atoms with Crippen LogP contribution in [0.5, 0.6) is 0 Å². The van der Waals surface area contributed by atoms with Gasteiger partial charge in [-0.05, 0) is 37.8 Å². The molecule has 2 fully saturated rings. The number of aromatic nitrogens is 4. The van der Waals surface area contributed by atoms with Gasteiger partial charge in [-0.3, -0.25) is 9.48 Å². The van der Waals surface area contributed by atoms with Crippen molar-refractivity contribution in [3.05, 3.63) is 36.0 Å². The van der Waals surface area contributed by atoms with Crippen molar-refractivity contribution in [1.29, 1.82) is 0 Å². The van der Waals surface area contributed by atoms with E-state index >= 15 is 0 Å². The quantitative estimate of drug-likeness (QED) is 0.926. The van der Waals surface area contributed by atoms with Crippen molar-refractivity contribution in [2.75, 3.05) is 25.0 Å². The van der Waals surface area contributed by atoms with E-state index in [1.54, 1.807) is 13.1 Å². The Labute approximate surface area is 141 Å². The average Bonchev–Trinajstić information content (AvgIpc) is 3.38. The van der Waals surface area contributed by atoms with E-state index in [1.165, 1.54) is 12.8 Å². The molecule has 1 unspecified atom stereocenters. The molecule has 0 aromatic carbocycles. The third-order valence-electron chi connectivity index (χ3n) is 4.76. The summed E-state index contributed by atoms with van der Waals surface area (Å²) in [6, 6.07) is 4.03. The average molecular weight is 326 g/mol. The molecule has 7 nitrogen and oxygen atoms in total. The molecule has 24 heavy (non-hydrogen) atoms. The standard InChI is InChI=1S/C17H22N6O/c1-18-17(24)14-7-10-23(21-14)13-3-2-9-22(11-13)15-6-8-19-16(20-15)12-4-5-12/h6-8,10,12-13H,2-5,9,11H2,1H3,(H,18,24). The number of amides is 1. The minimum Gasteiger partial charge on any atom is -0.354 e. The summed E-state index contributed by atoms with van der Waals surface area (Å²) in [4.78, 5) is 23.2. The molecular formula is C17H22N6O. The van der Waals surface area contributed by atoms with E-state index in [9.17, 15) is 4.79 Å². The zero-order chi connectivity index (χ0) is 16.5. The molecule has 126 valence electrons. The predicted molar refractivity (Wildman–Crippen MR) is 90.1 cm³/mol. The number of rotatable bonds is 4. The number of piperidine rings is 1. The van der Waals surface area contributed by atoms with Gasteiger partial charge < -0.3 is 10.2 Å². The Hall–Kier alpha value is -2.44. The van der Waals surface area contributed by atoms with Gasteiger partial charge in [0.1, 0.15) is 17.3 Å². The maximum Gasteiger partial charge on any atom is 0.271 e. The molecule has 2 aromatic rings. The number of nitrogens with one attached hydrogen (secondary N) is 1. The fourth-order valence-corrected chi connectivity index (χ4v) is 3.25. The van der Waals surface area contributed by atoms with E-state index in [0.717, 1.165) is 37.6 Å². The Morgan fingerprint density at radius 2 is 2.17 bits per heavy atom. The predicted octanol–water partition coefficient (Wildman–Crippen LogP) is 1.75. The van der Waals surface area contributed by atoms with Crippen LogP contribution in [-0.2, 0) is 0 Å². The SMILES string of the molecule is CNC(=O)c1ccn(C2CCCN(c3ccnc(C4CC4)n3)C2)n1. The fourth-order valence-electron chi connectivity index (χ4n) is 3.25. The van der Waals surface area contributed by atoms with Crippen molar-refractivity contribution >= 4 is 11.7 Å². The van der Waals surface area contributed by atoms with Gasteiger partial charge in [-0.1, -0.05) is 0 Å². The van der Waals surface area contributed by atoms with Crippen LogP contribution in [0.4, 0.5) is 5.82 Å². The van der Waals surface area contributed by atoms with Crippen molar-refractivity contribution in [1.82, 2.24) is 25.1 Å². The summed E-state index contributed by atoms with van der Waals surface area (Å²) in [6.07, 6.45) is 8.34. The third kappa shape index (κ3) is 2.98. The highest BCUT2D eigenvalue weighted by atomic mass is 16.1. The molecule has 1 aliphatic heterocycles. The molecule has 1 N–H and O–H groups in total. The highest BCUT2D eigenvalue weighted by Gasteiger charge is 2.28. The van der Waals surface area contributed by atoms with Gasteiger partial charge in [-0.15, -0.1) is 0 Å². The Kier molecular flexibility index (Phi) is 3.92. The zero-order valence-electron chi connectivity index (χ0n) is 13.9. The van der Waals surface area contributed by atoms with Crippen LogP contribution in [-0.4, -0.2) is 45.8 Å². The molecule has 1 saturated heterocycles. The summed E-state index contributed by atoms with van der Waals surface area (Å²) in [6.45, 7) is 1.86. The fraction of sp³-hybridized carbons (Fsp3) is 0.529. The van der Waals surface area contributed by atoms with Crippen LogP contribution < -0.4 is 10.2 Å². The van der Waals surface area contributed by atoms with Gasteiger partial charge in [-0.2, -0.15) is 5.10 Å². The molecule has 1 aliphatic carbocycles. The van der Waals surface area contributed by atoms with Crippen LogP contribution in [0.15, 0.2) is 24.5 Å². The van der Waals surface area contributed by atoms with Crippen LogP contribution in [0.3, 0.4) is 0 Å². The third-order valence-corrected chi connectivity index (χ3v) is 4.76. The van der Waals surface area contributed by atoms with Crippen molar-refractivity contribution in [3.63, 3.8) is 0 Å². The molecule has 2 aliphatic rings.